The predicted molar refractivity (Wildman–Crippen MR) is 73.0 cm³/mol. The Morgan fingerprint density at radius 1 is 1.50 bits per heavy atom. The van der Waals surface area contributed by atoms with Crippen LogP contribution in [-0.2, 0) is 11.2 Å². The lowest BCUT2D eigenvalue weighted by Gasteiger charge is -2.28. The first kappa shape index (κ1) is 12.5. The number of morpholine rings is 1. The molecule has 0 spiro atoms. The number of hydrogen-bond acceptors (Lipinski definition) is 5. The van der Waals surface area contributed by atoms with E-state index in [2.05, 4.69) is 17.3 Å². The largest absolute Gasteiger partial charge is 0.368 e. The van der Waals surface area contributed by atoms with Crippen molar-refractivity contribution in [3.63, 3.8) is 0 Å². The highest BCUT2D eigenvalue weighted by Gasteiger charge is 2.28. The Morgan fingerprint density at radius 3 is 3.17 bits per heavy atom. The van der Waals surface area contributed by atoms with Gasteiger partial charge in [-0.25, -0.2) is 4.98 Å². The number of nitrogens with zero attached hydrogens (tertiary/aromatic N) is 2. The third-order valence-electron chi connectivity index (χ3n) is 3.86. The quantitative estimate of drug-likeness (QED) is 0.886. The van der Waals surface area contributed by atoms with Crippen molar-refractivity contribution in [3.8, 4) is 0 Å². The minimum Gasteiger partial charge on any atom is -0.368 e. The summed E-state index contributed by atoms with van der Waals surface area (Å²) in [5, 5.41) is 4.58. The van der Waals surface area contributed by atoms with Crippen LogP contribution in [0.15, 0.2) is 0 Å². The van der Waals surface area contributed by atoms with Gasteiger partial charge in [0.05, 0.1) is 12.3 Å². The van der Waals surface area contributed by atoms with E-state index in [0.717, 1.165) is 26.1 Å². The maximum atomic E-state index is 5.87. The Kier molecular flexibility index (Phi) is 3.66. The predicted octanol–water partition coefficient (Wildman–Crippen LogP) is 1.74. The first-order valence-electron chi connectivity index (χ1n) is 6.75. The van der Waals surface area contributed by atoms with Gasteiger partial charge >= 0.3 is 0 Å². The van der Waals surface area contributed by atoms with Gasteiger partial charge in [0.15, 0.2) is 0 Å². The van der Waals surface area contributed by atoms with Gasteiger partial charge in [-0.3, -0.25) is 0 Å². The molecule has 1 aliphatic carbocycles. The van der Waals surface area contributed by atoms with Crippen molar-refractivity contribution in [1.29, 1.82) is 0 Å². The maximum Gasteiger partial charge on any atom is 0.123 e. The number of fused-ring (bicyclic) bond motifs is 1. The second-order valence-corrected chi connectivity index (χ2v) is 6.28. The summed E-state index contributed by atoms with van der Waals surface area (Å²) in [6.45, 7) is 2.82. The molecule has 1 saturated heterocycles. The molecule has 0 bridgehead atoms. The van der Waals surface area contributed by atoms with E-state index in [9.17, 15) is 0 Å². The fourth-order valence-corrected chi connectivity index (χ4v) is 4.08. The average molecular weight is 267 g/mol. The van der Waals surface area contributed by atoms with Gasteiger partial charge in [0.1, 0.15) is 11.1 Å². The Morgan fingerprint density at radius 2 is 2.39 bits per heavy atom. The molecule has 1 aromatic heterocycles. The zero-order valence-corrected chi connectivity index (χ0v) is 11.9. The standard InChI is InChI=1S/C13H21N3OS/c1-14-9-4-3-5-10-12(9)18-13(15-10)11-8-16(2)6-7-17-11/h9,11,14H,3-8H2,1-2H3. The first-order valence-corrected chi connectivity index (χ1v) is 7.56. The summed E-state index contributed by atoms with van der Waals surface area (Å²) in [5.41, 5.74) is 1.30. The van der Waals surface area contributed by atoms with Gasteiger partial charge in [0.25, 0.3) is 0 Å². The Labute approximate surface area is 112 Å². The number of hydrogen-bond donors (Lipinski definition) is 1. The summed E-state index contributed by atoms with van der Waals surface area (Å²) in [4.78, 5) is 8.60. The molecular formula is C13H21N3OS. The van der Waals surface area contributed by atoms with Crippen molar-refractivity contribution in [1.82, 2.24) is 15.2 Å². The van der Waals surface area contributed by atoms with E-state index < -0.39 is 0 Å². The summed E-state index contributed by atoms with van der Waals surface area (Å²) in [7, 11) is 4.20. The molecule has 100 valence electrons. The topological polar surface area (TPSA) is 37.4 Å². The van der Waals surface area contributed by atoms with Crippen LogP contribution in [0, 0.1) is 0 Å². The molecule has 1 aromatic rings. The number of aryl methyl sites for hydroxylation is 1. The number of rotatable bonds is 2. The summed E-state index contributed by atoms with van der Waals surface area (Å²) in [6.07, 6.45) is 3.79. The number of nitrogens with one attached hydrogen (secondary N) is 1. The van der Waals surface area contributed by atoms with E-state index in [1.807, 2.05) is 18.4 Å². The molecule has 1 fully saturated rings. The highest BCUT2D eigenvalue weighted by Crippen LogP contribution is 2.37. The van der Waals surface area contributed by atoms with Crippen LogP contribution in [0.5, 0.6) is 0 Å². The zero-order valence-electron chi connectivity index (χ0n) is 11.1. The average Bonchev–Trinajstić information content (AvgIpc) is 2.82. The molecule has 0 aromatic carbocycles. The molecule has 1 aliphatic heterocycles. The highest BCUT2D eigenvalue weighted by atomic mass is 32.1. The lowest BCUT2D eigenvalue weighted by molar-refractivity contribution is -0.0210. The van der Waals surface area contributed by atoms with Gasteiger partial charge in [0, 0.05) is 24.0 Å². The molecule has 5 heteroatoms. The molecule has 18 heavy (non-hydrogen) atoms. The molecule has 2 aliphatic rings. The second-order valence-electron chi connectivity index (χ2n) is 5.22. The minimum absolute atomic E-state index is 0.178. The van der Waals surface area contributed by atoms with Gasteiger partial charge in [-0.15, -0.1) is 11.3 Å². The van der Waals surface area contributed by atoms with E-state index in [1.54, 1.807) is 0 Å². The summed E-state index contributed by atoms with van der Waals surface area (Å²) >= 11 is 1.85. The van der Waals surface area contributed by atoms with Crippen LogP contribution in [0.25, 0.3) is 0 Å². The molecule has 3 rings (SSSR count). The van der Waals surface area contributed by atoms with Crippen LogP contribution in [0.1, 0.15) is 40.6 Å². The van der Waals surface area contributed by atoms with Crippen molar-refractivity contribution < 1.29 is 4.74 Å². The summed E-state index contributed by atoms with van der Waals surface area (Å²) < 4.78 is 5.87. The molecule has 2 unspecified atom stereocenters. The van der Waals surface area contributed by atoms with Crippen molar-refractivity contribution >= 4 is 11.3 Å². The van der Waals surface area contributed by atoms with Crippen LogP contribution in [0.2, 0.25) is 0 Å². The molecule has 4 nitrogen and oxygen atoms in total. The Bertz CT molecular complexity index is 420. The molecule has 0 amide bonds. The van der Waals surface area contributed by atoms with E-state index >= 15 is 0 Å². The van der Waals surface area contributed by atoms with Gasteiger partial charge < -0.3 is 15.0 Å². The zero-order chi connectivity index (χ0) is 12.5. The van der Waals surface area contributed by atoms with Crippen LogP contribution in [-0.4, -0.2) is 43.7 Å². The van der Waals surface area contributed by atoms with Gasteiger partial charge in [-0.2, -0.15) is 0 Å². The normalized spacial score (nSPS) is 29.2. The second kappa shape index (κ2) is 5.25. The summed E-state index contributed by atoms with van der Waals surface area (Å²) in [5.74, 6) is 0. The lowest BCUT2D eigenvalue weighted by atomic mass is 9.98. The lowest BCUT2D eigenvalue weighted by Crippen LogP contribution is -2.35. The molecular weight excluding hydrogens is 246 g/mol. The van der Waals surface area contributed by atoms with Crippen LogP contribution in [0.4, 0.5) is 0 Å². The number of aromatic nitrogens is 1. The van der Waals surface area contributed by atoms with Gasteiger partial charge in [-0.05, 0) is 33.4 Å². The SMILES string of the molecule is CNC1CCCc2nc(C3CN(C)CCO3)sc21. The van der Waals surface area contributed by atoms with Gasteiger partial charge in [0.2, 0.25) is 0 Å². The van der Waals surface area contributed by atoms with Crippen LogP contribution >= 0.6 is 11.3 Å². The van der Waals surface area contributed by atoms with Crippen molar-refractivity contribution in [2.24, 2.45) is 0 Å². The number of thiazole rings is 1. The van der Waals surface area contributed by atoms with E-state index in [0.29, 0.717) is 6.04 Å². The highest BCUT2D eigenvalue weighted by molar-refractivity contribution is 7.11. The maximum absolute atomic E-state index is 5.87. The third-order valence-corrected chi connectivity index (χ3v) is 5.16. The molecule has 0 saturated carbocycles. The molecule has 2 heterocycles. The molecule has 0 radical (unpaired) electrons. The molecule has 2 atom stereocenters. The number of likely N-dealkylation sites (N-methyl/N-ethyl adjacent to an activating group) is 1. The fraction of sp³-hybridized carbons (Fsp3) is 0.769. The van der Waals surface area contributed by atoms with Crippen molar-refractivity contribution in [3.05, 3.63) is 15.6 Å². The Balaban J connectivity index is 1.83. The van der Waals surface area contributed by atoms with Gasteiger partial charge in [-0.1, -0.05) is 0 Å². The van der Waals surface area contributed by atoms with Crippen molar-refractivity contribution in [2.75, 3.05) is 33.8 Å². The van der Waals surface area contributed by atoms with Crippen LogP contribution in [0.3, 0.4) is 0 Å². The van der Waals surface area contributed by atoms with E-state index in [4.69, 9.17) is 9.72 Å². The first-order chi connectivity index (χ1) is 8.78. The number of ether oxygens (including phenoxy) is 1. The molecule has 1 N–H and O–H groups in total. The smallest absolute Gasteiger partial charge is 0.123 e. The summed E-state index contributed by atoms with van der Waals surface area (Å²) in [6, 6.07) is 0.501. The third kappa shape index (κ3) is 2.32. The monoisotopic (exact) mass is 267 g/mol. The minimum atomic E-state index is 0.178. The van der Waals surface area contributed by atoms with E-state index in [1.165, 1.54) is 28.4 Å². The fourth-order valence-electron chi connectivity index (χ4n) is 2.78. The van der Waals surface area contributed by atoms with Crippen molar-refractivity contribution in [2.45, 2.75) is 31.4 Å². The van der Waals surface area contributed by atoms with Crippen LogP contribution < -0.4 is 5.32 Å². The Hall–Kier alpha value is -0.490. The van der Waals surface area contributed by atoms with E-state index in [-0.39, 0.29) is 6.10 Å².